The van der Waals surface area contributed by atoms with E-state index in [0.29, 0.717) is 16.3 Å². The van der Waals surface area contributed by atoms with Gasteiger partial charge in [0.05, 0.1) is 23.3 Å². The minimum Gasteiger partial charge on any atom is -0.465 e. The van der Waals surface area contributed by atoms with Crippen LogP contribution in [0.1, 0.15) is 31.5 Å². The molecule has 0 aliphatic rings. The van der Waals surface area contributed by atoms with Crippen LogP contribution in [0.25, 0.3) is 0 Å². The van der Waals surface area contributed by atoms with Crippen molar-refractivity contribution in [3.63, 3.8) is 0 Å². The summed E-state index contributed by atoms with van der Waals surface area (Å²) in [6.45, 7) is 0. The van der Waals surface area contributed by atoms with Crippen molar-refractivity contribution < 1.29 is 24.0 Å². The predicted octanol–water partition coefficient (Wildman–Crippen LogP) is 6.11. The topological polar surface area (TPSA) is 128 Å². The highest BCUT2D eigenvalue weighted by atomic mass is 32.2. The number of rotatable bonds is 9. The van der Waals surface area contributed by atoms with Gasteiger partial charge in [-0.15, -0.1) is 11.8 Å². The number of thioether (sulfide) groups is 1. The number of anilines is 2. The molecule has 0 radical (unpaired) electrons. The Morgan fingerprint density at radius 1 is 0.846 bits per heavy atom. The molecule has 9 nitrogen and oxygen atoms in total. The first-order chi connectivity index (χ1) is 18.9. The Kier molecular flexibility index (Phi) is 8.70. The molecule has 2 N–H and O–H groups in total. The highest BCUT2D eigenvalue weighted by Gasteiger charge is 2.24. The van der Waals surface area contributed by atoms with Gasteiger partial charge >= 0.3 is 5.97 Å². The monoisotopic (exact) mass is 541 g/mol. The quantitative estimate of drug-likeness (QED) is 0.113. The Bertz CT molecular complexity index is 1510. The summed E-state index contributed by atoms with van der Waals surface area (Å²) >= 11 is 1.28. The van der Waals surface area contributed by atoms with Crippen LogP contribution in [-0.2, 0) is 9.53 Å². The maximum Gasteiger partial charge on any atom is 0.339 e. The molecule has 1 unspecified atom stereocenters. The van der Waals surface area contributed by atoms with Gasteiger partial charge in [-0.2, -0.15) is 0 Å². The van der Waals surface area contributed by atoms with E-state index in [1.165, 1.54) is 43.1 Å². The molecule has 0 heterocycles. The molecule has 4 aromatic rings. The minimum atomic E-state index is -0.683. The SMILES string of the molecule is COC(=O)c1ccccc1NC(=O)C(Sc1cccc(NC(=O)c2ccc([N+](=O)[O-])cc2)c1)c1ccccc1. The number of carbonyl (C=O) groups is 3. The van der Waals surface area contributed by atoms with Gasteiger partial charge in [-0.05, 0) is 48.0 Å². The second-order valence-corrected chi connectivity index (χ2v) is 9.40. The molecular formula is C29H23N3O6S. The van der Waals surface area contributed by atoms with Gasteiger partial charge in [0.15, 0.2) is 0 Å². The van der Waals surface area contributed by atoms with E-state index in [4.69, 9.17) is 4.74 Å². The smallest absolute Gasteiger partial charge is 0.339 e. The molecule has 0 spiro atoms. The van der Waals surface area contributed by atoms with Crippen LogP contribution < -0.4 is 10.6 Å². The van der Waals surface area contributed by atoms with Gasteiger partial charge in [0.25, 0.3) is 11.6 Å². The lowest BCUT2D eigenvalue weighted by molar-refractivity contribution is -0.384. The van der Waals surface area contributed by atoms with E-state index in [1.54, 1.807) is 42.5 Å². The molecule has 0 saturated heterocycles. The molecule has 10 heteroatoms. The third-order valence-corrected chi connectivity index (χ3v) is 6.86. The first-order valence-electron chi connectivity index (χ1n) is 11.7. The summed E-state index contributed by atoms with van der Waals surface area (Å²) < 4.78 is 4.83. The Balaban J connectivity index is 1.55. The van der Waals surface area contributed by atoms with Gasteiger partial charge in [-0.1, -0.05) is 48.5 Å². The number of esters is 1. The number of nitro groups is 1. The minimum absolute atomic E-state index is 0.107. The number of amides is 2. The lowest BCUT2D eigenvalue weighted by Crippen LogP contribution is -2.21. The van der Waals surface area contributed by atoms with Crippen molar-refractivity contribution in [2.45, 2.75) is 10.1 Å². The fourth-order valence-electron chi connectivity index (χ4n) is 3.70. The lowest BCUT2D eigenvalue weighted by Gasteiger charge is -2.18. The molecule has 39 heavy (non-hydrogen) atoms. The van der Waals surface area contributed by atoms with E-state index >= 15 is 0 Å². The van der Waals surface area contributed by atoms with Crippen molar-refractivity contribution in [1.29, 1.82) is 0 Å². The Morgan fingerprint density at radius 3 is 2.23 bits per heavy atom. The number of nitro benzene ring substituents is 1. The van der Waals surface area contributed by atoms with Crippen LogP contribution >= 0.6 is 11.8 Å². The molecule has 1 atom stereocenters. The molecule has 0 fully saturated rings. The summed E-state index contributed by atoms with van der Waals surface area (Å²) in [5.74, 6) is -1.34. The van der Waals surface area contributed by atoms with Gasteiger partial charge in [-0.3, -0.25) is 19.7 Å². The highest BCUT2D eigenvalue weighted by molar-refractivity contribution is 8.00. The zero-order chi connectivity index (χ0) is 27.8. The number of methoxy groups -OCH3 is 1. The first-order valence-corrected chi connectivity index (χ1v) is 12.6. The van der Waals surface area contributed by atoms with E-state index in [9.17, 15) is 24.5 Å². The molecule has 0 aliphatic carbocycles. The van der Waals surface area contributed by atoms with Gasteiger partial charge < -0.3 is 15.4 Å². The Labute approximate surface area is 228 Å². The fraction of sp³-hybridized carbons (Fsp3) is 0.0690. The maximum absolute atomic E-state index is 13.5. The molecular weight excluding hydrogens is 518 g/mol. The van der Waals surface area contributed by atoms with Crippen molar-refractivity contribution in [1.82, 2.24) is 0 Å². The zero-order valence-electron chi connectivity index (χ0n) is 20.7. The molecule has 0 saturated carbocycles. The van der Waals surface area contributed by atoms with E-state index < -0.39 is 22.0 Å². The number of non-ortho nitro benzene ring substituents is 1. The number of ether oxygens (including phenoxy) is 1. The van der Waals surface area contributed by atoms with E-state index in [2.05, 4.69) is 10.6 Å². The average molecular weight is 542 g/mol. The third kappa shape index (κ3) is 6.88. The molecule has 0 bridgehead atoms. The van der Waals surface area contributed by atoms with Gasteiger partial charge in [0, 0.05) is 28.3 Å². The molecule has 0 aliphatic heterocycles. The van der Waals surface area contributed by atoms with Crippen molar-refractivity contribution in [2.24, 2.45) is 0 Å². The number of nitrogens with zero attached hydrogens (tertiary/aromatic N) is 1. The van der Waals surface area contributed by atoms with Gasteiger partial charge in [0.2, 0.25) is 5.91 Å². The normalized spacial score (nSPS) is 11.2. The van der Waals surface area contributed by atoms with E-state index in [-0.39, 0.29) is 22.7 Å². The third-order valence-electron chi connectivity index (χ3n) is 5.62. The van der Waals surface area contributed by atoms with Crippen LogP contribution in [0.3, 0.4) is 0 Å². The molecule has 4 rings (SSSR count). The van der Waals surface area contributed by atoms with E-state index in [1.807, 2.05) is 36.4 Å². The van der Waals surface area contributed by atoms with Crippen molar-refractivity contribution in [3.8, 4) is 0 Å². The van der Waals surface area contributed by atoms with Gasteiger partial charge in [-0.25, -0.2) is 4.79 Å². The number of hydrogen-bond acceptors (Lipinski definition) is 7. The van der Waals surface area contributed by atoms with Crippen molar-refractivity contribution in [3.05, 3.63) is 130 Å². The molecule has 4 aromatic carbocycles. The number of para-hydroxylation sites is 1. The van der Waals surface area contributed by atoms with Crippen LogP contribution in [0.15, 0.2) is 108 Å². The number of nitrogens with one attached hydrogen (secondary N) is 2. The highest BCUT2D eigenvalue weighted by Crippen LogP contribution is 2.37. The van der Waals surface area contributed by atoms with Crippen molar-refractivity contribution in [2.75, 3.05) is 17.7 Å². The summed E-state index contributed by atoms with van der Waals surface area (Å²) in [6.07, 6.45) is 0. The second kappa shape index (κ2) is 12.5. The summed E-state index contributed by atoms with van der Waals surface area (Å²) in [7, 11) is 1.27. The summed E-state index contributed by atoms with van der Waals surface area (Å²) in [6, 6.07) is 28.1. The Hall–Kier alpha value is -4.96. The largest absolute Gasteiger partial charge is 0.465 e. The summed E-state index contributed by atoms with van der Waals surface area (Å²) in [5.41, 5.74) is 1.97. The molecule has 0 aromatic heterocycles. The fourth-order valence-corrected chi connectivity index (χ4v) is 4.78. The van der Waals surface area contributed by atoms with Gasteiger partial charge in [0.1, 0.15) is 5.25 Å². The standard InChI is InChI=1S/C29H23N3O6S/c1-38-29(35)24-12-5-6-13-25(24)31-28(34)26(19-8-3-2-4-9-19)39-23-11-7-10-21(18-23)30-27(33)20-14-16-22(17-15-20)32(36)37/h2-18,26H,1H3,(H,30,33)(H,31,34). The lowest BCUT2D eigenvalue weighted by atomic mass is 10.1. The number of hydrogen-bond donors (Lipinski definition) is 2. The van der Waals surface area contributed by atoms with Crippen LogP contribution in [0, 0.1) is 10.1 Å². The van der Waals surface area contributed by atoms with Crippen LogP contribution in [0.2, 0.25) is 0 Å². The van der Waals surface area contributed by atoms with E-state index in [0.717, 1.165) is 5.56 Å². The number of benzene rings is 4. The molecule has 2 amide bonds. The summed E-state index contributed by atoms with van der Waals surface area (Å²) in [4.78, 5) is 49.4. The second-order valence-electron chi connectivity index (χ2n) is 8.22. The zero-order valence-corrected chi connectivity index (χ0v) is 21.5. The summed E-state index contributed by atoms with van der Waals surface area (Å²) in [5, 5.41) is 15.8. The Morgan fingerprint density at radius 2 is 1.54 bits per heavy atom. The average Bonchev–Trinajstić information content (AvgIpc) is 2.96. The van der Waals surface area contributed by atoms with Crippen LogP contribution in [0.4, 0.5) is 17.1 Å². The van der Waals surface area contributed by atoms with Crippen molar-refractivity contribution >= 4 is 46.6 Å². The maximum atomic E-state index is 13.5. The number of carbonyl (C=O) groups excluding carboxylic acids is 3. The predicted molar refractivity (Wildman–Crippen MR) is 149 cm³/mol. The van der Waals surface area contributed by atoms with Crippen LogP contribution in [-0.4, -0.2) is 29.8 Å². The molecule has 196 valence electrons. The van der Waals surface area contributed by atoms with Crippen LogP contribution in [0.5, 0.6) is 0 Å². The first kappa shape index (κ1) is 27.1.